The van der Waals surface area contributed by atoms with Gasteiger partial charge in [0.1, 0.15) is 0 Å². The number of hydrogen-bond acceptors (Lipinski definition) is 2. The van der Waals surface area contributed by atoms with E-state index in [1.807, 2.05) is 17.0 Å². The van der Waals surface area contributed by atoms with Crippen molar-refractivity contribution in [2.24, 2.45) is 11.8 Å². The maximum Gasteiger partial charge on any atom is 0.254 e. The molecule has 0 spiro atoms. The summed E-state index contributed by atoms with van der Waals surface area (Å²) in [6.07, 6.45) is 1.11. The van der Waals surface area contributed by atoms with Gasteiger partial charge in [-0.3, -0.25) is 4.79 Å². The van der Waals surface area contributed by atoms with E-state index in [0.29, 0.717) is 10.9 Å². The number of halogens is 3. The zero-order valence-corrected chi connectivity index (χ0v) is 14.7. The van der Waals surface area contributed by atoms with Crippen LogP contribution in [0, 0.1) is 15.4 Å². The van der Waals surface area contributed by atoms with Crippen LogP contribution in [0.2, 0.25) is 5.02 Å². The average Bonchev–Trinajstić information content (AvgIpc) is 2.88. The highest BCUT2D eigenvalue weighted by atomic mass is 127. The summed E-state index contributed by atoms with van der Waals surface area (Å²) in [5.74, 6) is 1.49. The van der Waals surface area contributed by atoms with E-state index in [1.165, 1.54) is 0 Å². The molecule has 0 saturated carbocycles. The lowest BCUT2D eigenvalue weighted by Crippen LogP contribution is -2.43. The molecule has 2 atom stereocenters. The second-order valence-electron chi connectivity index (χ2n) is 5.34. The molecule has 2 aliphatic heterocycles. The lowest BCUT2D eigenvalue weighted by atomic mass is 9.88. The fourth-order valence-electron chi connectivity index (χ4n) is 3.05. The molecule has 1 aromatic carbocycles. The fraction of sp³-hybridized carbons (Fsp3) is 0.500. The number of likely N-dealkylation sites (tertiary alicyclic amines) is 1. The van der Waals surface area contributed by atoms with Crippen LogP contribution in [-0.2, 0) is 0 Å². The summed E-state index contributed by atoms with van der Waals surface area (Å²) < 4.78 is 0.971. The molecule has 110 valence electrons. The molecule has 3 rings (SSSR count). The summed E-state index contributed by atoms with van der Waals surface area (Å²) in [4.78, 5) is 14.6. The van der Waals surface area contributed by atoms with Crippen molar-refractivity contribution in [2.45, 2.75) is 6.42 Å². The van der Waals surface area contributed by atoms with E-state index in [4.69, 9.17) is 11.6 Å². The molecule has 0 aliphatic carbocycles. The Kier molecular flexibility index (Phi) is 5.56. The standard InChI is InChI=1S/C14H16ClIN2O.ClH/c15-11-1-2-13(16)12(5-11)14(19)18-4-3-9-6-17-7-10(9)8-18;/h1-2,5,9-10,17H,3-4,6-8H2;1H. The van der Waals surface area contributed by atoms with Crippen molar-refractivity contribution in [3.63, 3.8) is 0 Å². The Morgan fingerprint density at radius 3 is 2.90 bits per heavy atom. The van der Waals surface area contributed by atoms with Gasteiger partial charge in [-0.05, 0) is 72.1 Å². The Balaban J connectivity index is 0.00000147. The zero-order chi connectivity index (χ0) is 13.4. The summed E-state index contributed by atoms with van der Waals surface area (Å²) in [6, 6.07) is 5.51. The molecule has 2 aliphatic rings. The Morgan fingerprint density at radius 2 is 2.10 bits per heavy atom. The molecule has 0 aromatic heterocycles. The van der Waals surface area contributed by atoms with Crippen LogP contribution in [0.25, 0.3) is 0 Å². The molecule has 2 fully saturated rings. The normalized spacial score (nSPS) is 25.0. The highest BCUT2D eigenvalue weighted by Gasteiger charge is 2.35. The molecule has 6 heteroatoms. The van der Waals surface area contributed by atoms with Gasteiger partial charge < -0.3 is 10.2 Å². The highest BCUT2D eigenvalue weighted by molar-refractivity contribution is 14.1. The molecular formula is C14H17Cl2IN2O. The molecular weight excluding hydrogens is 410 g/mol. The third kappa shape index (κ3) is 3.24. The first-order valence-corrected chi connectivity index (χ1v) is 8.06. The summed E-state index contributed by atoms with van der Waals surface area (Å²) in [5, 5.41) is 4.05. The van der Waals surface area contributed by atoms with Gasteiger partial charge in [0.2, 0.25) is 0 Å². The SMILES string of the molecule is Cl.O=C(c1cc(Cl)ccc1I)N1CCC2CNCC2C1. The largest absolute Gasteiger partial charge is 0.338 e. The van der Waals surface area contributed by atoms with Gasteiger partial charge in [0.15, 0.2) is 0 Å². The number of fused-ring (bicyclic) bond motifs is 1. The predicted molar refractivity (Wildman–Crippen MR) is 91.8 cm³/mol. The topological polar surface area (TPSA) is 32.3 Å². The Bertz CT molecular complexity index is 512. The number of carbonyl (C=O) groups excluding carboxylic acids is 1. The summed E-state index contributed by atoms with van der Waals surface area (Å²) in [5.41, 5.74) is 0.734. The third-order valence-electron chi connectivity index (χ3n) is 4.15. The molecule has 0 bridgehead atoms. The number of nitrogens with one attached hydrogen (secondary N) is 1. The van der Waals surface area contributed by atoms with Crippen LogP contribution < -0.4 is 5.32 Å². The van der Waals surface area contributed by atoms with Crippen LogP contribution in [-0.4, -0.2) is 37.0 Å². The number of amides is 1. The predicted octanol–water partition coefficient (Wildman–Crippen LogP) is 3.05. The molecule has 3 nitrogen and oxygen atoms in total. The molecule has 1 N–H and O–H groups in total. The minimum Gasteiger partial charge on any atom is -0.338 e. The third-order valence-corrected chi connectivity index (χ3v) is 5.33. The summed E-state index contributed by atoms with van der Waals surface area (Å²) >= 11 is 8.21. The van der Waals surface area contributed by atoms with Crippen LogP contribution >= 0.6 is 46.6 Å². The van der Waals surface area contributed by atoms with Crippen LogP contribution in [0.1, 0.15) is 16.8 Å². The molecule has 2 saturated heterocycles. The van der Waals surface area contributed by atoms with Crippen LogP contribution in [0.4, 0.5) is 0 Å². The first-order valence-electron chi connectivity index (χ1n) is 6.60. The lowest BCUT2D eigenvalue weighted by Gasteiger charge is -2.34. The van der Waals surface area contributed by atoms with Crippen LogP contribution in [0.5, 0.6) is 0 Å². The maximum absolute atomic E-state index is 12.6. The maximum atomic E-state index is 12.6. The first kappa shape index (κ1) is 16.3. The minimum absolute atomic E-state index is 0. The average molecular weight is 427 g/mol. The highest BCUT2D eigenvalue weighted by Crippen LogP contribution is 2.28. The van der Waals surface area contributed by atoms with Gasteiger partial charge in [-0.15, -0.1) is 12.4 Å². The number of nitrogens with zero attached hydrogens (tertiary/aromatic N) is 1. The van der Waals surface area contributed by atoms with E-state index in [2.05, 4.69) is 27.9 Å². The van der Waals surface area contributed by atoms with E-state index in [1.54, 1.807) is 6.07 Å². The number of carbonyl (C=O) groups is 1. The molecule has 2 unspecified atom stereocenters. The smallest absolute Gasteiger partial charge is 0.254 e. The van der Waals surface area contributed by atoms with Crippen molar-refractivity contribution >= 4 is 52.5 Å². The van der Waals surface area contributed by atoms with E-state index < -0.39 is 0 Å². The van der Waals surface area contributed by atoms with Crippen molar-refractivity contribution in [3.8, 4) is 0 Å². The van der Waals surface area contributed by atoms with Crippen molar-refractivity contribution < 1.29 is 4.79 Å². The van der Waals surface area contributed by atoms with E-state index in [-0.39, 0.29) is 18.3 Å². The van der Waals surface area contributed by atoms with Crippen molar-refractivity contribution in [1.82, 2.24) is 10.2 Å². The number of benzene rings is 1. The van der Waals surface area contributed by atoms with Gasteiger partial charge in [-0.2, -0.15) is 0 Å². The van der Waals surface area contributed by atoms with Gasteiger partial charge in [-0.25, -0.2) is 0 Å². The summed E-state index contributed by atoms with van der Waals surface area (Å²) in [6.45, 7) is 3.89. The van der Waals surface area contributed by atoms with Gasteiger partial charge in [0.05, 0.1) is 5.56 Å². The molecule has 1 aromatic rings. The van der Waals surface area contributed by atoms with Crippen molar-refractivity contribution in [1.29, 1.82) is 0 Å². The Hall–Kier alpha value is -0.0400. The number of piperidine rings is 1. The van der Waals surface area contributed by atoms with Gasteiger partial charge in [0, 0.05) is 21.7 Å². The molecule has 2 heterocycles. The number of rotatable bonds is 1. The first-order chi connectivity index (χ1) is 9.15. The van der Waals surface area contributed by atoms with Crippen molar-refractivity contribution in [3.05, 3.63) is 32.4 Å². The van der Waals surface area contributed by atoms with E-state index >= 15 is 0 Å². The monoisotopic (exact) mass is 426 g/mol. The fourth-order valence-corrected chi connectivity index (χ4v) is 3.79. The Labute approximate surface area is 144 Å². The molecule has 1 amide bonds. The second kappa shape index (κ2) is 6.81. The minimum atomic E-state index is 0. The summed E-state index contributed by atoms with van der Waals surface area (Å²) in [7, 11) is 0. The van der Waals surface area contributed by atoms with Gasteiger partial charge in [0.25, 0.3) is 5.91 Å². The van der Waals surface area contributed by atoms with Crippen LogP contribution in [0.15, 0.2) is 18.2 Å². The van der Waals surface area contributed by atoms with Gasteiger partial charge >= 0.3 is 0 Å². The molecule has 0 radical (unpaired) electrons. The zero-order valence-electron chi connectivity index (χ0n) is 10.9. The van der Waals surface area contributed by atoms with Gasteiger partial charge in [-0.1, -0.05) is 11.6 Å². The van der Waals surface area contributed by atoms with Crippen molar-refractivity contribution in [2.75, 3.05) is 26.2 Å². The second-order valence-corrected chi connectivity index (χ2v) is 6.94. The quantitative estimate of drug-likeness (QED) is 0.700. The lowest BCUT2D eigenvalue weighted by molar-refractivity contribution is 0.0641. The molecule has 20 heavy (non-hydrogen) atoms. The van der Waals surface area contributed by atoms with Crippen LogP contribution in [0.3, 0.4) is 0 Å². The number of hydrogen-bond donors (Lipinski definition) is 1. The van der Waals surface area contributed by atoms with E-state index in [9.17, 15) is 4.79 Å². The Morgan fingerprint density at radius 1 is 1.35 bits per heavy atom. The van der Waals surface area contributed by atoms with E-state index in [0.717, 1.165) is 47.7 Å².